The van der Waals surface area contributed by atoms with Crippen LogP contribution in [0, 0.1) is 5.82 Å². The van der Waals surface area contributed by atoms with Gasteiger partial charge in [0.15, 0.2) is 5.82 Å². The summed E-state index contributed by atoms with van der Waals surface area (Å²) in [6.07, 6.45) is 10.9. The molecule has 1 aromatic rings. The summed E-state index contributed by atoms with van der Waals surface area (Å²) in [7, 11) is 0. The van der Waals surface area contributed by atoms with Crippen molar-refractivity contribution in [2.45, 2.75) is 51.0 Å². The topological polar surface area (TPSA) is 55.0 Å². The second-order valence-electron chi connectivity index (χ2n) is 5.18. The predicted octanol–water partition coefficient (Wildman–Crippen LogP) is 2.49. The van der Waals surface area contributed by atoms with E-state index in [0.29, 0.717) is 18.5 Å². The molecule has 0 saturated heterocycles. The molecule has 1 heterocycles. The lowest BCUT2D eigenvalue weighted by molar-refractivity contribution is 0.508. The fourth-order valence-electron chi connectivity index (χ4n) is 2.73. The molecule has 19 heavy (non-hydrogen) atoms. The van der Waals surface area contributed by atoms with Crippen molar-refractivity contribution in [1.82, 2.24) is 9.97 Å². The van der Waals surface area contributed by atoms with E-state index in [1.165, 1.54) is 50.9 Å². The first-order chi connectivity index (χ1) is 9.31. The molecule has 1 fully saturated rings. The second-order valence-corrected chi connectivity index (χ2v) is 5.18. The van der Waals surface area contributed by atoms with Gasteiger partial charge in [-0.1, -0.05) is 25.7 Å². The molecule has 1 aliphatic rings. The van der Waals surface area contributed by atoms with Crippen molar-refractivity contribution in [3.8, 4) is 0 Å². The van der Waals surface area contributed by atoms with Crippen molar-refractivity contribution < 1.29 is 4.39 Å². The molecule has 0 amide bonds. The molecule has 0 radical (unpaired) electrons. The Morgan fingerprint density at radius 2 is 1.79 bits per heavy atom. The van der Waals surface area contributed by atoms with E-state index in [2.05, 4.69) is 14.9 Å². The highest BCUT2D eigenvalue weighted by molar-refractivity contribution is 5.30. The molecular formula is C14H23FN4. The quantitative estimate of drug-likeness (QED) is 0.832. The van der Waals surface area contributed by atoms with Crippen LogP contribution in [0.15, 0.2) is 12.4 Å². The Balaban J connectivity index is 2.11. The van der Waals surface area contributed by atoms with Crippen molar-refractivity contribution in [2.75, 3.05) is 18.0 Å². The van der Waals surface area contributed by atoms with Gasteiger partial charge in [0.05, 0.1) is 12.4 Å². The number of nitrogens with zero attached hydrogens (tertiary/aromatic N) is 3. The lowest BCUT2D eigenvalue weighted by Gasteiger charge is -2.31. The minimum Gasteiger partial charge on any atom is -0.338 e. The summed E-state index contributed by atoms with van der Waals surface area (Å²) in [5.74, 6) is 0.255. The summed E-state index contributed by atoms with van der Waals surface area (Å²) in [5, 5.41) is 0. The first kappa shape index (κ1) is 14.2. The molecule has 2 rings (SSSR count). The smallest absolute Gasteiger partial charge is 0.225 e. The van der Waals surface area contributed by atoms with Gasteiger partial charge in [0, 0.05) is 12.6 Å². The number of halogens is 1. The molecule has 5 heteroatoms. The lowest BCUT2D eigenvalue weighted by atomic mass is 10.1. The molecule has 0 spiro atoms. The van der Waals surface area contributed by atoms with Crippen molar-refractivity contribution >= 4 is 5.95 Å². The van der Waals surface area contributed by atoms with E-state index in [1.54, 1.807) is 0 Å². The fraction of sp³-hybridized carbons (Fsp3) is 0.714. The van der Waals surface area contributed by atoms with Crippen LogP contribution < -0.4 is 10.6 Å². The molecule has 1 aliphatic carbocycles. The Morgan fingerprint density at radius 3 is 2.37 bits per heavy atom. The zero-order valence-electron chi connectivity index (χ0n) is 11.4. The molecule has 0 atom stereocenters. The fourth-order valence-corrected chi connectivity index (χ4v) is 2.73. The molecule has 1 saturated carbocycles. The maximum atomic E-state index is 12.9. The van der Waals surface area contributed by atoms with E-state index >= 15 is 0 Å². The van der Waals surface area contributed by atoms with Crippen LogP contribution in [0.4, 0.5) is 10.3 Å². The number of aromatic nitrogens is 2. The van der Waals surface area contributed by atoms with Gasteiger partial charge in [-0.05, 0) is 25.8 Å². The molecule has 106 valence electrons. The van der Waals surface area contributed by atoms with Crippen LogP contribution in [0.1, 0.15) is 44.9 Å². The van der Waals surface area contributed by atoms with Crippen LogP contribution in [0.2, 0.25) is 0 Å². The molecule has 1 aromatic heterocycles. The summed E-state index contributed by atoms with van der Waals surface area (Å²) in [6, 6.07) is 0.472. The highest BCUT2D eigenvalue weighted by Gasteiger charge is 2.21. The number of anilines is 1. The van der Waals surface area contributed by atoms with Gasteiger partial charge >= 0.3 is 0 Å². The van der Waals surface area contributed by atoms with Crippen LogP contribution >= 0.6 is 0 Å². The Hall–Kier alpha value is -1.23. The molecule has 0 aliphatic heterocycles. The van der Waals surface area contributed by atoms with E-state index in [0.717, 1.165) is 13.0 Å². The van der Waals surface area contributed by atoms with Crippen LogP contribution in [-0.2, 0) is 0 Å². The summed E-state index contributed by atoms with van der Waals surface area (Å²) < 4.78 is 12.9. The van der Waals surface area contributed by atoms with Gasteiger partial charge in [-0.2, -0.15) is 0 Å². The Labute approximate surface area is 114 Å². The van der Waals surface area contributed by atoms with Crippen molar-refractivity contribution in [1.29, 1.82) is 0 Å². The zero-order valence-corrected chi connectivity index (χ0v) is 11.4. The molecule has 0 aromatic carbocycles. The molecule has 2 N–H and O–H groups in total. The summed E-state index contributed by atoms with van der Waals surface area (Å²) in [5.41, 5.74) is 5.61. The summed E-state index contributed by atoms with van der Waals surface area (Å²) in [4.78, 5) is 10.5. The van der Waals surface area contributed by atoms with Crippen LogP contribution in [-0.4, -0.2) is 29.1 Å². The second kappa shape index (κ2) is 7.38. The average Bonchev–Trinajstić information content (AvgIpc) is 2.70. The lowest BCUT2D eigenvalue weighted by Crippen LogP contribution is -2.38. The Morgan fingerprint density at radius 1 is 1.16 bits per heavy atom. The summed E-state index contributed by atoms with van der Waals surface area (Å²) >= 11 is 0. The van der Waals surface area contributed by atoms with Crippen LogP contribution in [0.5, 0.6) is 0 Å². The van der Waals surface area contributed by atoms with Gasteiger partial charge in [-0.3, -0.25) is 0 Å². The minimum atomic E-state index is -0.386. The van der Waals surface area contributed by atoms with Crippen molar-refractivity contribution in [3.05, 3.63) is 18.2 Å². The zero-order chi connectivity index (χ0) is 13.5. The first-order valence-corrected chi connectivity index (χ1v) is 7.25. The van der Waals surface area contributed by atoms with Gasteiger partial charge in [0.1, 0.15) is 0 Å². The third-order valence-corrected chi connectivity index (χ3v) is 3.73. The Bertz CT molecular complexity index is 360. The molecule has 0 bridgehead atoms. The largest absolute Gasteiger partial charge is 0.338 e. The van der Waals surface area contributed by atoms with Gasteiger partial charge in [-0.25, -0.2) is 14.4 Å². The van der Waals surface area contributed by atoms with E-state index < -0.39 is 0 Å². The predicted molar refractivity (Wildman–Crippen MR) is 74.5 cm³/mol. The first-order valence-electron chi connectivity index (χ1n) is 7.25. The van der Waals surface area contributed by atoms with Gasteiger partial charge in [0.25, 0.3) is 0 Å². The third kappa shape index (κ3) is 4.13. The number of hydrogen-bond donors (Lipinski definition) is 1. The molecule has 4 nitrogen and oxygen atoms in total. The van der Waals surface area contributed by atoms with Crippen LogP contribution in [0.3, 0.4) is 0 Å². The highest BCUT2D eigenvalue weighted by Crippen LogP contribution is 2.24. The summed E-state index contributed by atoms with van der Waals surface area (Å²) in [6.45, 7) is 1.51. The molecular weight excluding hydrogens is 243 g/mol. The maximum absolute atomic E-state index is 12.9. The van der Waals surface area contributed by atoms with Gasteiger partial charge < -0.3 is 10.6 Å². The van der Waals surface area contributed by atoms with Crippen molar-refractivity contribution in [3.63, 3.8) is 0 Å². The van der Waals surface area contributed by atoms with Crippen molar-refractivity contribution in [2.24, 2.45) is 5.73 Å². The molecule has 0 unspecified atom stereocenters. The normalized spacial score (nSPS) is 17.2. The van der Waals surface area contributed by atoms with Crippen LogP contribution in [0.25, 0.3) is 0 Å². The number of rotatable bonds is 5. The average molecular weight is 266 g/mol. The van der Waals surface area contributed by atoms with E-state index in [4.69, 9.17) is 5.73 Å². The number of nitrogens with two attached hydrogens (primary N) is 1. The van der Waals surface area contributed by atoms with Gasteiger partial charge in [-0.15, -0.1) is 0 Å². The third-order valence-electron chi connectivity index (χ3n) is 3.73. The van der Waals surface area contributed by atoms with E-state index in [9.17, 15) is 4.39 Å². The maximum Gasteiger partial charge on any atom is 0.225 e. The minimum absolute atomic E-state index is 0.386. The van der Waals surface area contributed by atoms with Gasteiger partial charge in [0.2, 0.25) is 5.95 Å². The van der Waals surface area contributed by atoms with E-state index in [1.807, 2.05) is 0 Å². The van der Waals surface area contributed by atoms with E-state index in [-0.39, 0.29) is 5.82 Å². The monoisotopic (exact) mass is 266 g/mol. The Kier molecular flexibility index (Phi) is 5.51. The standard InChI is InChI=1S/C14H23FN4/c15-12-10-17-14(18-11-12)19(9-5-8-16)13-6-3-1-2-4-7-13/h10-11,13H,1-9,16H2. The highest BCUT2D eigenvalue weighted by atomic mass is 19.1. The SMILES string of the molecule is NCCCN(c1ncc(F)cn1)C1CCCCCC1. The number of hydrogen-bond acceptors (Lipinski definition) is 4.